The Bertz CT molecular complexity index is 1540. The van der Waals surface area contributed by atoms with Gasteiger partial charge in [-0.15, -0.1) is 0 Å². The molecule has 8 nitrogen and oxygen atoms in total. The zero-order valence-corrected chi connectivity index (χ0v) is 30.2. The number of amides is 1. The van der Waals surface area contributed by atoms with Gasteiger partial charge in [0, 0.05) is 55.5 Å². The number of nitrogens with zero attached hydrogens (tertiary/aromatic N) is 6. The Hall–Kier alpha value is -4.70. The summed E-state index contributed by atoms with van der Waals surface area (Å²) in [5.74, 6) is 0.299. The van der Waals surface area contributed by atoms with E-state index in [1.807, 2.05) is 116 Å². The van der Waals surface area contributed by atoms with Gasteiger partial charge >= 0.3 is 27.2 Å². The summed E-state index contributed by atoms with van der Waals surface area (Å²) in [6.45, 7) is 4.10. The smallest absolute Gasteiger partial charge is 0.0886 e. The minimum atomic E-state index is -0.240. The molecule has 6 heterocycles. The molecule has 6 aromatic rings. The van der Waals surface area contributed by atoms with Crippen molar-refractivity contribution < 1.29 is 22.4 Å². The molecule has 48 heavy (non-hydrogen) atoms. The number of carbonyl (C=O) groups excluding carboxylic acids is 1. The van der Waals surface area contributed by atoms with Crippen molar-refractivity contribution in [3.63, 3.8) is 0 Å². The summed E-state index contributed by atoms with van der Waals surface area (Å²) in [4.78, 5) is 36.3. The van der Waals surface area contributed by atoms with Gasteiger partial charge in [-0.25, -0.2) is 0 Å². The van der Waals surface area contributed by atoms with E-state index in [9.17, 15) is 4.79 Å². The van der Waals surface area contributed by atoms with E-state index in [-0.39, 0.29) is 17.7 Å². The van der Waals surface area contributed by atoms with Crippen LogP contribution >= 0.6 is 9.64 Å². The third-order valence-electron chi connectivity index (χ3n) is 7.40. The quantitative estimate of drug-likeness (QED) is 0.156. The van der Waals surface area contributed by atoms with Gasteiger partial charge in [0.25, 0.3) is 0 Å². The molecule has 0 radical (unpaired) electrons. The molecule has 0 aromatic carbocycles. The van der Waals surface area contributed by atoms with Crippen molar-refractivity contribution in [2.24, 2.45) is 11.7 Å². The second-order valence-corrected chi connectivity index (χ2v) is 10.8. The number of hydrogen-bond donors (Lipinski definition) is 1. The van der Waals surface area contributed by atoms with Crippen molar-refractivity contribution in [1.29, 1.82) is 0 Å². The molecule has 10 heteroatoms. The van der Waals surface area contributed by atoms with Gasteiger partial charge in [0.1, 0.15) is 0 Å². The molecule has 2 N–H and O–H groups in total. The molecule has 0 spiro atoms. The van der Waals surface area contributed by atoms with Crippen molar-refractivity contribution in [3.8, 4) is 22.8 Å². The van der Waals surface area contributed by atoms with E-state index in [2.05, 4.69) is 46.5 Å². The second-order valence-electron chi connectivity index (χ2n) is 10.8. The van der Waals surface area contributed by atoms with Crippen LogP contribution in [0.15, 0.2) is 147 Å². The summed E-state index contributed by atoms with van der Waals surface area (Å²) >= 11 is 1.33. The number of aromatic nitrogens is 6. The first kappa shape index (κ1) is 37.8. The summed E-state index contributed by atoms with van der Waals surface area (Å²) in [5.41, 5.74) is 11.6. The van der Waals surface area contributed by atoms with Crippen LogP contribution < -0.4 is 5.73 Å². The molecule has 3 unspecified atom stereocenters. The molecule has 0 aliphatic carbocycles. The number of carbonyl (C=O) groups is 1. The Morgan fingerprint density at radius 2 is 0.917 bits per heavy atom. The van der Waals surface area contributed by atoms with Crippen molar-refractivity contribution in [3.05, 3.63) is 158 Å². The van der Waals surface area contributed by atoms with Crippen molar-refractivity contribution in [1.82, 2.24) is 29.9 Å². The van der Waals surface area contributed by atoms with Crippen LogP contribution in [0.2, 0.25) is 0 Å². The van der Waals surface area contributed by atoms with Crippen LogP contribution in [-0.2, 0) is 22.4 Å². The van der Waals surface area contributed by atoms with Crippen molar-refractivity contribution >= 4 is 15.5 Å². The molecule has 0 aliphatic rings. The van der Waals surface area contributed by atoms with E-state index in [4.69, 9.17) is 5.73 Å². The Labute approximate surface area is 297 Å². The summed E-state index contributed by atoms with van der Waals surface area (Å²) in [5, 5.41) is 0. The van der Waals surface area contributed by atoms with Gasteiger partial charge in [-0.1, -0.05) is 38.1 Å². The first-order chi connectivity index (χ1) is 23.5. The van der Waals surface area contributed by atoms with Crippen molar-refractivity contribution in [2.45, 2.75) is 38.5 Å². The van der Waals surface area contributed by atoms with E-state index >= 15 is 0 Å². The van der Waals surface area contributed by atoms with E-state index in [1.54, 1.807) is 37.2 Å². The number of halogens is 1. The fraction of sp³-hybridized carbons (Fsp3) is 0.184. The van der Waals surface area contributed by atoms with Gasteiger partial charge in [0.2, 0.25) is 5.91 Å². The fourth-order valence-electron chi connectivity index (χ4n) is 4.86. The summed E-state index contributed by atoms with van der Waals surface area (Å²) < 4.78 is 0. The van der Waals surface area contributed by atoms with Gasteiger partial charge in [-0.2, -0.15) is 0 Å². The largest absolute Gasteiger partial charge is 0.255 e. The minimum absolute atomic E-state index is 0.136. The summed E-state index contributed by atoms with van der Waals surface area (Å²) in [6.07, 6.45) is 16.0. The maximum atomic E-state index is 11.4. The molecule has 0 fully saturated rings. The molecule has 0 saturated heterocycles. The topological polar surface area (TPSA) is 120 Å². The zero-order chi connectivity index (χ0) is 34.4. The van der Waals surface area contributed by atoms with E-state index in [0.29, 0.717) is 5.92 Å². The Kier molecular flexibility index (Phi) is 17.3. The number of rotatable bonds is 9. The fourth-order valence-corrected chi connectivity index (χ4v) is 4.86. The molecule has 6 rings (SSSR count). The van der Waals surface area contributed by atoms with E-state index in [0.717, 1.165) is 35.6 Å². The van der Waals surface area contributed by atoms with Crippen LogP contribution in [0.4, 0.5) is 0 Å². The molecule has 6 aromatic heterocycles. The van der Waals surface area contributed by atoms with Crippen molar-refractivity contribution in [2.75, 3.05) is 0 Å². The standard InChI is InChI=1S/C18H23N3O.2C10H8N2.ClH.Os/c1-13(15-3-7-20-8-4-15)11-17(12-14(2)18(19)22)16-5-9-21-10-6-16;2*1-3-7-11-9(5-1)10-6-2-4-8-12-10;;/h3-10,13-14,17H,11-12H2,1-2H3,(H2,19,22);2*1-8H;1H;/q;;;;+1/p-1. The maximum Gasteiger partial charge on any atom is 0.0886 e. The predicted octanol–water partition coefficient (Wildman–Crippen LogP) is 8.24. The van der Waals surface area contributed by atoms with Gasteiger partial charge in [0.05, 0.1) is 22.8 Å². The zero-order valence-electron chi connectivity index (χ0n) is 26.9. The summed E-state index contributed by atoms with van der Waals surface area (Å²) in [6, 6.07) is 31.3. The molecular weight excluding hydrogens is 796 g/mol. The monoisotopic (exact) mass is 836 g/mol. The summed E-state index contributed by atoms with van der Waals surface area (Å²) in [7, 11) is 4.67. The number of hydrogen-bond acceptors (Lipinski definition) is 7. The first-order valence-electron chi connectivity index (χ1n) is 15.4. The van der Waals surface area contributed by atoms with Crippen LogP contribution in [0.1, 0.15) is 49.7 Å². The third-order valence-corrected chi connectivity index (χ3v) is 7.40. The van der Waals surface area contributed by atoms with E-state index < -0.39 is 0 Å². The number of primary amides is 1. The molecule has 0 bridgehead atoms. The number of nitrogens with two attached hydrogens (primary N) is 1. The average molecular weight is 835 g/mol. The second kappa shape index (κ2) is 22.0. The molecular formula is C38H39ClN7OOs. The first-order valence-corrected chi connectivity index (χ1v) is 18.5. The van der Waals surface area contributed by atoms with Gasteiger partial charge in [0.15, 0.2) is 0 Å². The molecule has 0 saturated carbocycles. The van der Waals surface area contributed by atoms with Crippen LogP contribution in [0.5, 0.6) is 0 Å². The predicted molar refractivity (Wildman–Crippen MR) is 188 cm³/mol. The van der Waals surface area contributed by atoms with Crippen LogP contribution in [-0.4, -0.2) is 35.8 Å². The van der Waals surface area contributed by atoms with Crippen LogP contribution in [0.25, 0.3) is 22.8 Å². The molecule has 1 amide bonds. The Morgan fingerprint density at radius 3 is 1.23 bits per heavy atom. The number of pyridine rings is 6. The van der Waals surface area contributed by atoms with Crippen LogP contribution in [0.3, 0.4) is 0 Å². The maximum absolute atomic E-state index is 11.4. The molecule has 3 atom stereocenters. The normalized spacial score (nSPS) is 11.8. The average Bonchev–Trinajstić information content (AvgIpc) is 3.18. The van der Waals surface area contributed by atoms with Gasteiger partial charge in [-0.05, 0) is 109 Å². The van der Waals surface area contributed by atoms with Gasteiger partial charge in [-0.3, -0.25) is 34.7 Å². The molecule has 247 valence electrons. The Morgan fingerprint density at radius 1 is 0.562 bits per heavy atom. The third kappa shape index (κ3) is 13.2. The SMILES string of the molecule is CC(CC(CC(C)c1ccncc1)c1ccncc1)C(N)=O.[Cl][Os].c1ccc(-c2ccccn2)nc1.c1ccc(-c2ccccn2)nc1. The van der Waals surface area contributed by atoms with E-state index in [1.165, 1.54) is 28.7 Å². The van der Waals surface area contributed by atoms with Gasteiger partial charge < -0.3 is 5.73 Å². The molecule has 0 aliphatic heterocycles. The Balaban J connectivity index is 0.000000204. The van der Waals surface area contributed by atoms with Crippen LogP contribution in [0, 0.1) is 5.92 Å². The minimum Gasteiger partial charge on any atom is -0.255 e.